The van der Waals surface area contributed by atoms with Crippen molar-refractivity contribution in [3.05, 3.63) is 29.8 Å². The fourth-order valence-electron chi connectivity index (χ4n) is 2.37. The van der Waals surface area contributed by atoms with Crippen molar-refractivity contribution in [3.8, 4) is 0 Å². The summed E-state index contributed by atoms with van der Waals surface area (Å²) in [6, 6.07) is 8.40. The van der Waals surface area contributed by atoms with Crippen molar-refractivity contribution in [2.75, 3.05) is 12.3 Å². The number of nitrogen functional groups attached to an aromatic ring is 1. The molecular formula is C16H25N3O. The van der Waals surface area contributed by atoms with Gasteiger partial charge in [0.05, 0.1) is 6.04 Å². The van der Waals surface area contributed by atoms with Crippen LogP contribution in [0.15, 0.2) is 24.3 Å². The largest absolute Gasteiger partial charge is 0.399 e. The van der Waals surface area contributed by atoms with Crippen molar-refractivity contribution in [1.82, 2.24) is 10.2 Å². The van der Waals surface area contributed by atoms with Crippen molar-refractivity contribution < 1.29 is 4.79 Å². The van der Waals surface area contributed by atoms with Gasteiger partial charge in [0, 0.05) is 24.8 Å². The maximum atomic E-state index is 12.1. The summed E-state index contributed by atoms with van der Waals surface area (Å²) in [7, 11) is 0. The summed E-state index contributed by atoms with van der Waals surface area (Å²) >= 11 is 0. The van der Waals surface area contributed by atoms with E-state index >= 15 is 0 Å². The molecule has 0 radical (unpaired) electrons. The molecule has 4 heteroatoms. The molecule has 0 saturated heterocycles. The number of nitrogens with one attached hydrogen (secondary N) is 1. The van der Waals surface area contributed by atoms with E-state index in [2.05, 4.69) is 17.1 Å². The van der Waals surface area contributed by atoms with E-state index in [0.29, 0.717) is 6.04 Å². The Bertz CT molecular complexity index is 440. The van der Waals surface area contributed by atoms with E-state index in [1.807, 2.05) is 31.2 Å². The highest BCUT2D eigenvalue weighted by atomic mass is 16.2. The normalized spacial score (nSPS) is 16.1. The van der Waals surface area contributed by atoms with Gasteiger partial charge in [-0.05, 0) is 43.9 Å². The lowest BCUT2D eigenvalue weighted by Crippen LogP contribution is -2.46. The summed E-state index contributed by atoms with van der Waals surface area (Å²) in [6.45, 7) is 5.63. The molecule has 0 bridgehead atoms. The van der Waals surface area contributed by atoms with Gasteiger partial charge in [0.1, 0.15) is 0 Å². The molecule has 4 nitrogen and oxygen atoms in total. The molecule has 1 amide bonds. The third kappa shape index (κ3) is 3.97. The Labute approximate surface area is 121 Å². The number of hydrogen-bond donors (Lipinski definition) is 2. The van der Waals surface area contributed by atoms with Gasteiger partial charge in [-0.3, -0.25) is 9.69 Å². The number of nitrogens with zero attached hydrogens (tertiary/aromatic N) is 1. The van der Waals surface area contributed by atoms with E-state index in [-0.39, 0.29) is 11.9 Å². The van der Waals surface area contributed by atoms with Gasteiger partial charge in [-0.2, -0.15) is 0 Å². The number of rotatable bonds is 7. The van der Waals surface area contributed by atoms with E-state index in [1.165, 1.54) is 18.4 Å². The Hall–Kier alpha value is -1.55. The van der Waals surface area contributed by atoms with Crippen LogP contribution in [-0.4, -0.2) is 29.4 Å². The molecule has 0 spiro atoms. The summed E-state index contributed by atoms with van der Waals surface area (Å²) in [6.07, 6.45) is 3.36. The zero-order valence-corrected chi connectivity index (χ0v) is 12.4. The molecule has 1 aliphatic carbocycles. The van der Waals surface area contributed by atoms with E-state index in [1.54, 1.807) is 0 Å². The monoisotopic (exact) mass is 275 g/mol. The predicted octanol–water partition coefficient (Wildman–Crippen LogP) is 2.15. The standard InChI is InChI=1S/C16H25N3O/c1-3-10-18-16(20)12(2)19(15-8-9-15)11-13-4-6-14(17)7-5-13/h4-7,12,15H,3,8-11,17H2,1-2H3,(H,18,20). The second-order valence-corrected chi connectivity index (χ2v) is 5.61. The summed E-state index contributed by atoms with van der Waals surface area (Å²) < 4.78 is 0. The molecule has 1 aromatic carbocycles. The quantitative estimate of drug-likeness (QED) is 0.750. The van der Waals surface area contributed by atoms with Gasteiger partial charge >= 0.3 is 0 Å². The highest BCUT2D eigenvalue weighted by molar-refractivity contribution is 5.81. The zero-order chi connectivity index (χ0) is 14.5. The molecule has 110 valence electrons. The molecule has 3 N–H and O–H groups in total. The average Bonchev–Trinajstić information content (AvgIpc) is 3.28. The van der Waals surface area contributed by atoms with Gasteiger partial charge in [0.2, 0.25) is 5.91 Å². The number of carbonyl (C=O) groups excluding carboxylic acids is 1. The van der Waals surface area contributed by atoms with Gasteiger partial charge < -0.3 is 11.1 Å². The molecule has 1 saturated carbocycles. The number of carbonyl (C=O) groups is 1. The highest BCUT2D eigenvalue weighted by Gasteiger charge is 2.34. The molecule has 1 atom stereocenters. The van der Waals surface area contributed by atoms with Crippen LogP contribution in [-0.2, 0) is 11.3 Å². The summed E-state index contributed by atoms with van der Waals surface area (Å²) in [5.74, 6) is 0.134. The number of nitrogens with two attached hydrogens (primary N) is 1. The van der Waals surface area contributed by atoms with Crippen LogP contribution in [0.3, 0.4) is 0 Å². The van der Waals surface area contributed by atoms with Crippen molar-refractivity contribution in [2.24, 2.45) is 0 Å². The third-order valence-corrected chi connectivity index (χ3v) is 3.79. The molecule has 20 heavy (non-hydrogen) atoms. The lowest BCUT2D eigenvalue weighted by atomic mass is 10.1. The summed E-state index contributed by atoms with van der Waals surface area (Å²) in [5, 5.41) is 2.99. The number of hydrogen-bond acceptors (Lipinski definition) is 3. The first-order chi connectivity index (χ1) is 9.61. The van der Waals surface area contributed by atoms with Crippen LogP contribution in [0, 0.1) is 0 Å². The first-order valence-electron chi connectivity index (χ1n) is 7.49. The smallest absolute Gasteiger partial charge is 0.237 e. The molecular weight excluding hydrogens is 250 g/mol. The fourth-order valence-corrected chi connectivity index (χ4v) is 2.37. The number of amides is 1. The van der Waals surface area contributed by atoms with Crippen molar-refractivity contribution >= 4 is 11.6 Å². The molecule has 0 heterocycles. The maximum Gasteiger partial charge on any atom is 0.237 e. The molecule has 0 aromatic heterocycles. The molecule has 1 aliphatic rings. The Morgan fingerprint density at radius 1 is 1.40 bits per heavy atom. The van der Waals surface area contributed by atoms with Crippen LogP contribution in [0.2, 0.25) is 0 Å². The van der Waals surface area contributed by atoms with E-state index < -0.39 is 0 Å². The number of benzene rings is 1. The lowest BCUT2D eigenvalue weighted by molar-refractivity contribution is -0.126. The Morgan fingerprint density at radius 2 is 2.05 bits per heavy atom. The van der Waals surface area contributed by atoms with Crippen LogP contribution in [0.1, 0.15) is 38.7 Å². The van der Waals surface area contributed by atoms with Crippen LogP contribution >= 0.6 is 0 Å². The summed E-state index contributed by atoms with van der Waals surface area (Å²) in [5.41, 5.74) is 7.70. The minimum absolute atomic E-state index is 0.0772. The fraction of sp³-hybridized carbons (Fsp3) is 0.562. The van der Waals surface area contributed by atoms with Gasteiger partial charge in [-0.25, -0.2) is 0 Å². The zero-order valence-electron chi connectivity index (χ0n) is 12.4. The maximum absolute atomic E-state index is 12.1. The van der Waals surface area contributed by atoms with Gasteiger partial charge in [-0.1, -0.05) is 19.1 Å². The van der Waals surface area contributed by atoms with Crippen LogP contribution in [0.4, 0.5) is 5.69 Å². The van der Waals surface area contributed by atoms with Crippen LogP contribution in [0.5, 0.6) is 0 Å². The Morgan fingerprint density at radius 3 is 2.60 bits per heavy atom. The van der Waals surface area contributed by atoms with Crippen molar-refractivity contribution in [1.29, 1.82) is 0 Å². The molecule has 0 aliphatic heterocycles. The second-order valence-electron chi connectivity index (χ2n) is 5.61. The molecule has 2 rings (SSSR count). The van der Waals surface area contributed by atoms with E-state index in [4.69, 9.17) is 5.73 Å². The Balaban J connectivity index is 1.99. The van der Waals surface area contributed by atoms with E-state index in [0.717, 1.165) is 25.2 Å². The van der Waals surface area contributed by atoms with Crippen LogP contribution in [0.25, 0.3) is 0 Å². The minimum Gasteiger partial charge on any atom is -0.399 e. The topological polar surface area (TPSA) is 58.4 Å². The van der Waals surface area contributed by atoms with Gasteiger partial charge in [0.25, 0.3) is 0 Å². The average molecular weight is 275 g/mol. The predicted molar refractivity (Wildman–Crippen MR) is 82.2 cm³/mol. The third-order valence-electron chi connectivity index (χ3n) is 3.79. The first kappa shape index (κ1) is 14.9. The lowest BCUT2D eigenvalue weighted by Gasteiger charge is -2.28. The van der Waals surface area contributed by atoms with Crippen molar-refractivity contribution in [3.63, 3.8) is 0 Å². The summed E-state index contributed by atoms with van der Waals surface area (Å²) in [4.78, 5) is 14.4. The van der Waals surface area contributed by atoms with Crippen LogP contribution < -0.4 is 11.1 Å². The second kappa shape index (κ2) is 6.75. The Kier molecular flexibility index (Phi) is 5.01. The van der Waals surface area contributed by atoms with E-state index in [9.17, 15) is 4.79 Å². The van der Waals surface area contributed by atoms with Gasteiger partial charge in [0.15, 0.2) is 0 Å². The molecule has 1 unspecified atom stereocenters. The highest BCUT2D eigenvalue weighted by Crippen LogP contribution is 2.30. The SMILES string of the molecule is CCCNC(=O)C(C)N(Cc1ccc(N)cc1)C1CC1. The van der Waals surface area contributed by atoms with Gasteiger partial charge in [-0.15, -0.1) is 0 Å². The first-order valence-corrected chi connectivity index (χ1v) is 7.49. The molecule has 1 fully saturated rings. The number of anilines is 1. The molecule has 1 aromatic rings. The van der Waals surface area contributed by atoms with Crippen molar-refractivity contribution in [2.45, 2.75) is 51.7 Å². The minimum atomic E-state index is -0.0772.